The number of aromatic nitrogens is 1. The highest BCUT2D eigenvalue weighted by atomic mass is 35.5. The van der Waals surface area contributed by atoms with Crippen molar-refractivity contribution in [2.24, 2.45) is 40.9 Å². The smallest absolute Gasteiger partial charge is 0.229 e. The van der Waals surface area contributed by atoms with Crippen LogP contribution in [0.1, 0.15) is 13.8 Å². The van der Waals surface area contributed by atoms with Gasteiger partial charge >= 0.3 is 0 Å². The standard InChI is InChI=1S/C11H12ClN3O.C11H16N2O2.C2H6/c12-8-2-1-3-9(14-8)15-11(16)10-6-4-13-5-7(6)10;14-10(9-7-1-12-2-8(7)9)13-3-11(4-13)5-15-6-11;1-2/h1-3,6-7,10,13H,4-5H2,(H,14,15,16);7-9,12H,1-6H2;1-2H3. The molecule has 6 fully saturated rings. The maximum atomic E-state index is 12.1. The summed E-state index contributed by atoms with van der Waals surface area (Å²) in [4.78, 5) is 30.0. The summed E-state index contributed by atoms with van der Waals surface area (Å²) in [5, 5.41) is 9.80. The number of hydrogen-bond acceptors (Lipinski definition) is 6. The van der Waals surface area contributed by atoms with Gasteiger partial charge in [-0.15, -0.1) is 0 Å². The second-order valence-corrected chi connectivity index (χ2v) is 10.4. The van der Waals surface area contributed by atoms with Gasteiger partial charge in [0, 0.05) is 24.9 Å². The molecule has 7 rings (SSSR count). The number of nitrogens with one attached hydrogen (secondary N) is 3. The monoisotopic (exact) mass is 475 g/mol. The van der Waals surface area contributed by atoms with Gasteiger partial charge in [0.25, 0.3) is 0 Å². The molecule has 5 heterocycles. The third-order valence-electron chi connectivity index (χ3n) is 7.92. The average molecular weight is 476 g/mol. The van der Waals surface area contributed by atoms with E-state index in [1.54, 1.807) is 18.2 Å². The molecule has 33 heavy (non-hydrogen) atoms. The first kappa shape index (κ1) is 23.0. The van der Waals surface area contributed by atoms with Crippen molar-refractivity contribution in [3.63, 3.8) is 0 Å². The Labute approximate surface area is 200 Å². The number of nitrogens with zero attached hydrogens (tertiary/aromatic N) is 2. The fourth-order valence-corrected chi connectivity index (χ4v) is 6.15. The first-order valence-electron chi connectivity index (χ1n) is 12.3. The topological polar surface area (TPSA) is 95.6 Å². The van der Waals surface area contributed by atoms with Crippen LogP contribution < -0.4 is 16.0 Å². The van der Waals surface area contributed by atoms with Gasteiger partial charge in [0.2, 0.25) is 11.8 Å². The van der Waals surface area contributed by atoms with Gasteiger partial charge in [-0.2, -0.15) is 0 Å². The van der Waals surface area contributed by atoms with E-state index in [2.05, 4.69) is 20.9 Å². The molecule has 3 N–H and O–H groups in total. The summed E-state index contributed by atoms with van der Waals surface area (Å²) in [5.74, 6) is 3.94. The molecule has 2 amide bonds. The number of ether oxygens (including phenoxy) is 1. The van der Waals surface area contributed by atoms with Crippen LogP contribution in [0.2, 0.25) is 5.15 Å². The molecular weight excluding hydrogens is 442 g/mol. The van der Waals surface area contributed by atoms with E-state index in [1.165, 1.54) is 0 Å². The van der Waals surface area contributed by atoms with Crippen molar-refractivity contribution >= 4 is 29.2 Å². The maximum absolute atomic E-state index is 12.1. The van der Waals surface area contributed by atoms with Crippen LogP contribution in [0.3, 0.4) is 0 Å². The maximum Gasteiger partial charge on any atom is 0.229 e. The van der Waals surface area contributed by atoms with Crippen molar-refractivity contribution in [3.05, 3.63) is 23.4 Å². The number of amides is 2. The number of pyridine rings is 1. The van der Waals surface area contributed by atoms with E-state index in [0.29, 0.717) is 51.9 Å². The van der Waals surface area contributed by atoms with Gasteiger partial charge in [0.15, 0.2) is 0 Å². The molecule has 8 nitrogen and oxygen atoms in total. The highest BCUT2D eigenvalue weighted by Gasteiger charge is 2.61. The fourth-order valence-electron chi connectivity index (χ4n) is 5.98. The number of carbonyl (C=O) groups excluding carboxylic acids is 2. The largest absolute Gasteiger partial charge is 0.380 e. The number of hydrogen-bond donors (Lipinski definition) is 3. The lowest BCUT2D eigenvalue weighted by atomic mass is 9.78. The Morgan fingerprint density at radius 1 is 1.03 bits per heavy atom. The third-order valence-corrected chi connectivity index (χ3v) is 8.13. The van der Waals surface area contributed by atoms with Gasteiger partial charge in [0.05, 0.1) is 18.6 Å². The number of halogens is 1. The van der Waals surface area contributed by atoms with E-state index in [0.717, 1.165) is 52.5 Å². The van der Waals surface area contributed by atoms with E-state index >= 15 is 0 Å². The zero-order valence-electron chi connectivity index (χ0n) is 19.4. The Bertz CT molecular complexity index is 882. The zero-order chi connectivity index (χ0) is 23.2. The minimum absolute atomic E-state index is 0.0752. The molecule has 2 aliphatic carbocycles. The summed E-state index contributed by atoms with van der Waals surface area (Å²) < 4.78 is 5.21. The predicted octanol–water partition coefficient (Wildman–Crippen LogP) is 1.48. The molecule has 9 heteroatoms. The predicted molar refractivity (Wildman–Crippen MR) is 126 cm³/mol. The summed E-state index contributed by atoms with van der Waals surface area (Å²) in [6.45, 7) is 11.7. The van der Waals surface area contributed by atoms with Crippen molar-refractivity contribution in [1.82, 2.24) is 20.5 Å². The molecule has 4 saturated heterocycles. The molecule has 2 saturated carbocycles. The Hall–Kier alpha value is -1.74. The van der Waals surface area contributed by atoms with Crippen LogP contribution in [0.15, 0.2) is 18.2 Å². The number of carbonyl (C=O) groups is 2. The lowest BCUT2D eigenvalue weighted by molar-refractivity contribution is -0.196. The van der Waals surface area contributed by atoms with Crippen LogP contribution in [0.5, 0.6) is 0 Å². The van der Waals surface area contributed by atoms with E-state index in [-0.39, 0.29) is 11.8 Å². The Kier molecular flexibility index (Phi) is 6.37. The Morgan fingerprint density at radius 3 is 2.12 bits per heavy atom. The first-order valence-corrected chi connectivity index (χ1v) is 12.6. The quantitative estimate of drug-likeness (QED) is 0.573. The summed E-state index contributed by atoms with van der Waals surface area (Å²) in [6.07, 6.45) is 0. The van der Waals surface area contributed by atoms with Crippen LogP contribution >= 0.6 is 11.6 Å². The second-order valence-electron chi connectivity index (χ2n) is 10.0. The van der Waals surface area contributed by atoms with E-state index in [1.807, 2.05) is 18.7 Å². The SMILES string of the molecule is CC.O=C(C1C2CNCC21)N1CC2(COC2)C1.O=C(Nc1cccc(Cl)n1)C1C2CNCC21. The van der Waals surface area contributed by atoms with Crippen LogP contribution in [0.25, 0.3) is 0 Å². The summed E-state index contributed by atoms with van der Waals surface area (Å²) in [5.41, 5.74) is 0.373. The Morgan fingerprint density at radius 2 is 1.61 bits per heavy atom. The van der Waals surface area contributed by atoms with Gasteiger partial charge in [-0.25, -0.2) is 4.98 Å². The molecule has 6 aliphatic rings. The molecule has 1 spiro atoms. The molecule has 0 aromatic carbocycles. The minimum Gasteiger partial charge on any atom is -0.380 e. The van der Waals surface area contributed by atoms with Crippen LogP contribution in [-0.4, -0.2) is 74.2 Å². The number of fused-ring (bicyclic) bond motifs is 2. The first-order chi connectivity index (χ1) is 16.0. The van der Waals surface area contributed by atoms with Crippen molar-refractivity contribution in [3.8, 4) is 0 Å². The molecular formula is C24H34ClN5O3. The molecule has 4 atom stereocenters. The minimum atomic E-state index is 0.0752. The molecule has 0 bridgehead atoms. The van der Waals surface area contributed by atoms with Gasteiger partial charge in [-0.1, -0.05) is 31.5 Å². The van der Waals surface area contributed by atoms with Crippen molar-refractivity contribution in [1.29, 1.82) is 0 Å². The summed E-state index contributed by atoms with van der Waals surface area (Å²) in [6, 6.07) is 5.22. The van der Waals surface area contributed by atoms with Gasteiger partial charge in [-0.3, -0.25) is 9.59 Å². The molecule has 1 aromatic heterocycles. The van der Waals surface area contributed by atoms with Gasteiger partial charge in [0.1, 0.15) is 11.0 Å². The molecule has 4 aliphatic heterocycles. The number of piperidine rings is 2. The molecule has 1 aromatic rings. The van der Waals surface area contributed by atoms with Crippen LogP contribution in [0.4, 0.5) is 5.82 Å². The fraction of sp³-hybridized carbons (Fsp3) is 0.708. The van der Waals surface area contributed by atoms with Crippen LogP contribution in [-0.2, 0) is 14.3 Å². The lowest BCUT2D eigenvalue weighted by Gasteiger charge is -2.55. The summed E-state index contributed by atoms with van der Waals surface area (Å²) in [7, 11) is 0. The number of likely N-dealkylation sites (tertiary alicyclic amines) is 1. The number of rotatable bonds is 3. The molecule has 180 valence electrons. The van der Waals surface area contributed by atoms with Crippen molar-refractivity contribution < 1.29 is 14.3 Å². The highest BCUT2D eigenvalue weighted by molar-refractivity contribution is 6.29. The van der Waals surface area contributed by atoms with Crippen molar-refractivity contribution in [2.45, 2.75) is 13.8 Å². The second kappa shape index (κ2) is 9.13. The average Bonchev–Trinajstić information content (AvgIpc) is 3.46. The summed E-state index contributed by atoms with van der Waals surface area (Å²) >= 11 is 5.75. The third kappa shape index (κ3) is 4.38. The number of anilines is 1. The zero-order valence-corrected chi connectivity index (χ0v) is 20.1. The van der Waals surface area contributed by atoms with E-state index in [4.69, 9.17) is 16.3 Å². The van der Waals surface area contributed by atoms with E-state index < -0.39 is 0 Å². The van der Waals surface area contributed by atoms with Crippen LogP contribution in [0, 0.1) is 40.9 Å². The van der Waals surface area contributed by atoms with Crippen molar-refractivity contribution in [2.75, 3.05) is 57.8 Å². The molecule has 0 radical (unpaired) electrons. The van der Waals surface area contributed by atoms with Gasteiger partial charge in [-0.05, 0) is 62.0 Å². The van der Waals surface area contributed by atoms with E-state index in [9.17, 15) is 9.59 Å². The normalized spacial score (nSPS) is 35.4. The molecule has 4 unspecified atom stereocenters. The lowest BCUT2D eigenvalue weighted by Crippen LogP contribution is -2.67. The van der Waals surface area contributed by atoms with Gasteiger partial charge < -0.3 is 25.6 Å². The highest BCUT2D eigenvalue weighted by Crippen LogP contribution is 2.51. The Balaban J connectivity index is 0.000000129.